The Balaban J connectivity index is 1.61. The molecule has 0 fully saturated rings. The number of hydrogen-bond donors (Lipinski definition) is 1. The lowest BCUT2D eigenvalue weighted by molar-refractivity contribution is -0.120. The summed E-state index contributed by atoms with van der Waals surface area (Å²) < 4.78 is 15.8. The third kappa shape index (κ3) is 4.66. The topological polar surface area (TPSA) is 81.8 Å². The molecular formula is C19H20FN5O2. The molecule has 0 aliphatic rings. The van der Waals surface area contributed by atoms with Gasteiger partial charge in [-0.3, -0.25) is 9.59 Å². The Morgan fingerprint density at radius 1 is 1.11 bits per heavy atom. The number of nitrogens with zero attached hydrogens (tertiary/aromatic N) is 4. The summed E-state index contributed by atoms with van der Waals surface area (Å²) >= 11 is 0. The first-order valence-corrected chi connectivity index (χ1v) is 8.55. The highest BCUT2D eigenvalue weighted by molar-refractivity contribution is 5.78. The second kappa shape index (κ2) is 7.94. The van der Waals surface area contributed by atoms with Crippen LogP contribution >= 0.6 is 0 Å². The van der Waals surface area contributed by atoms with Gasteiger partial charge in [0.2, 0.25) is 5.91 Å². The summed E-state index contributed by atoms with van der Waals surface area (Å²) in [4.78, 5) is 24.0. The smallest absolute Gasteiger partial charge is 0.266 e. The van der Waals surface area contributed by atoms with E-state index in [1.165, 1.54) is 22.9 Å². The Hall–Kier alpha value is -3.29. The lowest BCUT2D eigenvalue weighted by Gasteiger charge is -2.09. The Morgan fingerprint density at radius 3 is 2.52 bits per heavy atom. The summed E-state index contributed by atoms with van der Waals surface area (Å²) in [6.07, 6.45) is 0.147. The summed E-state index contributed by atoms with van der Waals surface area (Å²) in [5.41, 5.74) is 2.24. The highest BCUT2D eigenvalue weighted by Crippen LogP contribution is 2.07. The maximum absolute atomic E-state index is 12.9. The number of halogens is 1. The van der Waals surface area contributed by atoms with E-state index in [4.69, 9.17) is 0 Å². The van der Waals surface area contributed by atoms with Gasteiger partial charge in [-0.05, 0) is 43.7 Å². The zero-order valence-corrected chi connectivity index (χ0v) is 15.1. The van der Waals surface area contributed by atoms with Crippen LogP contribution in [0, 0.1) is 19.7 Å². The maximum atomic E-state index is 12.9. The van der Waals surface area contributed by atoms with Gasteiger partial charge in [-0.15, -0.1) is 5.10 Å². The number of nitrogens with one attached hydrogen (secondary N) is 1. The number of rotatable bonds is 6. The summed E-state index contributed by atoms with van der Waals surface area (Å²) in [5, 5.41) is 11.4. The van der Waals surface area contributed by atoms with Crippen molar-refractivity contribution in [1.82, 2.24) is 24.9 Å². The van der Waals surface area contributed by atoms with Crippen LogP contribution in [0.1, 0.15) is 17.0 Å². The van der Waals surface area contributed by atoms with E-state index in [-0.39, 0.29) is 36.8 Å². The monoisotopic (exact) mass is 369 g/mol. The third-order valence-electron chi connectivity index (χ3n) is 4.00. The van der Waals surface area contributed by atoms with Crippen molar-refractivity contribution in [1.29, 1.82) is 0 Å². The highest BCUT2D eigenvalue weighted by Gasteiger charge is 2.08. The minimum atomic E-state index is -0.341. The van der Waals surface area contributed by atoms with E-state index in [1.54, 1.807) is 22.9 Å². The van der Waals surface area contributed by atoms with Crippen molar-refractivity contribution in [3.63, 3.8) is 0 Å². The van der Waals surface area contributed by atoms with E-state index in [2.05, 4.69) is 15.5 Å². The number of amides is 1. The van der Waals surface area contributed by atoms with Crippen LogP contribution in [-0.4, -0.2) is 32.0 Å². The van der Waals surface area contributed by atoms with E-state index in [1.807, 2.05) is 19.9 Å². The SMILES string of the molecule is Cc1cc(C)n(-c2ccc(=O)n(CCNC(=O)Cc3ccc(F)cc3)n2)n1. The minimum Gasteiger partial charge on any atom is -0.354 e. The molecule has 0 aliphatic heterocycles. The van der Waals surface area contributed by atoms with Crippen LogP contribution in [-0.2, 0) is 17.8 Å². The average Bonchev–Trinajstić information content (AvgIpc) is 2.97. The Morgan fingerprint density at radius 2 is 1.85 bits per heavy atom. The van der Waals surface area contributed by atoms with E-state index in [0.717, 1.165) is 17.0 Å². The summed E-state index contributed by atoms with van der Waals surface area (Å²) in [6.45, 7) is 4.29. The van der Waals surface area contributed by atoms with E-state index < -0.39 is 0 Å². The third-order valence-corrected chi connectivity index (χ3v) is 4.00. The van der Waals surface area contributed by atoms with Crippen molar-refractivity contribution in [2.45, 2.75) is 26.8 Å². The number of aryl methyl sites for hydroxylation is 2. The number of carbonyl (C=O) groups is 1. The fourth-order valence-electron chi connectivity index (χ4n) is 2.72. The lowest BCUT2D eigenvalue weighted by Crippen LogP contribution is -2.33. The minimum absolute atomic E-state index is 0.147. The van der Waals surface area contributed by atoms with Gasteiger partial charge < -0.3 is 5.32 Å². The highest BCUT2D eigenvalue weighted by atomic mass is 19.1. The fraction of sp³-hybridized carbons (Fsp3) is 0.263. The molecule has 27 heavy (non-hydrogen) atoms. The van der Waals surface area contributed by atoms with Crippen LogP contribution in [0.15, 0.2) is 47.3 Å². The van der Waals surface area contributed by atoms with Crippen LogP contribution in [0.4, 0.5) is 4.39 Å². The van der Waals surface area contributed by atoms with Crippen LogP contribution in [0.3, 0.4) is 0 Å². The largest absolute Gasteiger partial charge is 0.354 e. The number of aromatic nitrogens is 4. The summed E-state index contributed by atoms with van der Waals surface area (Å²) in [5.74, 6) is -0.00528. The van der Waals surface area contributed by atoms with Crippen molar-refractivity contribution < 1.29 is 9.18 Å². The standard InChI is InChI=1S/C19H20FN5O2/c1-13-11-14(2)25(22-13)17-7-8-19(27)24(23-17)10-9-21-18(26)12-15-3-5-16(20)6-4-15/h3-8,11H,9-10,12H2,1-2H3,(H,21,26). The van der Waals surface area contributed by atoms with Crippen molar-refractivity contribution in [2.75, 3.05) is 6.54 Å². The average molecular weight is 369 g/mol. The molecular weight excluding hydrogens is 349 g/mol. The second-order valence-electron chi connectivity index (χ2n) is 6.25. The van der Waals surface area contributed by atoms with Gasteiger partial charge in [-0.1, -0.05) is 12.1 Å². The van der Waals surface area contributed by atoms with Gasteiger partial charge >= 0.3 is 0 Å². The molecule has 140 valence electrons. The molecule has 0 radical (unpaired) electrons. The molecule has 0 aliphatic carbocycles. The fourth-order valence-corrected chi connectivity index (χ4v) is 2.72. The molecule has 1 aromatic carbocycles. The molecule has 1 amide bonds. The molecule has 1 N–H and O–H groups in total. The maximum Gasteiger partial charge on any atom is 0.266 e. The van der Waals surface area contributed by atoms with Crippen molar-refractivity contribution >= 4 is 5.91 Å². The lowest BCUT2D eigenvalue weighted by atomic mass is 10.1. The van der Waals surface area contributed by atoms with Crippen molar-refractivity contribution in [3.8, 4) is 5.82 Å². The van der Waals surface area contributed by atoms with Crippen molar-refractivity contribution in [3.05, 3.63) is 75.6 Å². The zero-order valence-electron chi connectivity index (χ0n) is 15.1. The number of carbonyl (C=O) groups excluding carboxylic acids is 1. The molecule has 0 bridgehead atoms. The van der Waals surface area contributed by atoms with Gasteiger partial charge in [0.05, 0.1) is 18.7 Å². The number of benzene rings is 1. The first-order chi connectivity index (χ1) is 12.9. The van der Waals surface area contributed by atoms with Crippen molar-refractivity contribution in [2.24, 2.45) is 0 Å². The zero-order chi connectivity index (χ0) is 19.4. The number of hydrogen-bond acceptors (Lipinski definition) is 4. The molecule has 0 spiro atoms. The van der Waals surface area contributed by atoms with Crippen LogP contribution in [0.5, 0.6) is 0 Å². The Bertz CT molecular complexity index is 1010. The Labute approximate surface area is 155 Å². The molecule has 8 heteroatoms. The first-order valence-electron chi connectivity index (χ1n) is 8.55. The molecule has 3 aromatic rings. The van der Waals surface area contributed by atoms with Gasteiger partial charge in [-0.2, -0.15) is 5.10 Å². The first kappa shape index (κ1) is 18.5. The molecule has 3 rings (SSSR count). The predicted molar refractivity (Wildman–Crippen MR) is 98.2 cm³/mol. The molecule has 7 nitrogen and oxygen atoms in total. The van der Waals surface area contributed by atoms with Gasteiger partial charge in [0.25, 0.3) is 5.56 Å². The van der Waals surface area contributed by atoms with Gasteiger partial charge in [-0.25, -0.2) is 13.8 Å². The van der Waals surface area contributed by atoms with Gasteiger partial charge in [0.15, 0.2) is 5.82 Å². The summed E-state index contributed by atoms with van der Waals surface area (Å²) in [7, 11) is 0. The molecule has 0 unspecified atom stereocenters. The molecule has 2 aromatic heterocycles. The quantitative estimate of drug-likeness (QED) is 0.715. The molecule has 0 saturated heterocycles. The van der Waals surface area contributed by atoms with E-state index in [9.17, 15) is 14.0 Å². The summed E-state index contributed by atoms with van der Waals surface area (Å²) in [6, 6.07) is 10.7. The molecule has 2 heterocycles. The predicted octanol–water partition coefficient (Wildman–Crippen LogP) is 1.54. The van der Waals surface area contributed by atoms with Gasteiger partial charge in [0.1, 0.15) is 5.82 Å². The normalized spacial score (nSPS) is 10.8. The molecule has 0 atom stereocenters. The molecule has 0 saturated carbocycles. The van der Waals surface area contributed by atoms with Crippen LogP contribution in [0.2, 0.25) is 0 Å². The Kier molecular flexibility index (Phi) is 5.44. The van der Waals surface area contributed by atoms with Gasteiger partial charge in [0, 0.05) is 18.3 Å². The van der Waals surface area contributed by atoms with Crippen LogP contribution < -0.4 is 10.9 Å². The van der Waals surface area contributed by atoms with E-state index in [0.29, 0.717) is 5.82 Å². The van der Waals surface area contributed by atoms with E-state index >= 15 is 0 Å². The second-order valence-corrected chi connectivity index (χ2v) is 6.25. The van der Waals surface area contributed by atoms with Crippen LogP contribution in [0.25, 0.3) is 5.82 Å².